The van der Waals surface area contributed by atoms with Gasteiger partial charge in [-0.05, 0) is 37.7 Å². The van der Waals surface area contributed by atoms with Gasteiger partial charge < -0.3 is 9.80 Å². The molecule has 0 saturated carbocycles. The van der Waals surface area contributed by atoms with Crippen molar-refractivity contribution in [2.75, 3.05) is 38.1 Å². The molecule has 6 nitrogen and oxygen atoms in total. The Morgan fingerprint density at radius 1 is 1.19 bits per heavy atom. The van der Waals surface area contributed by atoms with Gasteiger partial charge in [-0.25, -0.2) is 0 Å². The van der Waals surface area contributed by atoms with Crippen molar-refractivity contribution >= 4 is 17.5 Å². The first-order chi connectivity index (χ1) is 12.5. The number of aryl methyl sites for hydroxylation is 1. The van der Waals surface area contributed by atoms with Gasteiger partial charge in [0.2, 0.25) is 11.8 Å². The molecule has 0 spiro atoms. The number of hydrogen-bond donors (Lipinski definition) is 0. The van der Waals surface area contributed by atoms with Crippen LogP contribution in [-0.4, -0.2) is 59.8 Å². The van der Waals surface area contributed by atoms with Gasteiger partial charge in [0.05, 0.1) is 6.54 Å². The largest absolute Gasteiger partial charge is 0.330 e. The SMILES string of the molecule is Cc1ccc(N2CCN(C(=O)CN(C)Cc3cccnc3)CC2=O)cc1. The number of piperazine rings is 1. The Balaban J connectivity index is 1.54. The maximum atomic E-state index is 12.5. The standard InChI is InChI=1S/C20H24N4O2/c1-16-5-7-18(8-6-16)24-11-10-23(15-20(24)26)19(25)14-22(2)13-17-4-3-9-21-12-17/h3-9,12H,10-11,13-15H2,1-2H3. The van der Waals surface area contributed by atoms with Crippen LogP contribution in [0.15, 0.2) is 48.8 Å². The first kappa shape index (κ1) is 18.1. The van der Waals surface area contributed by atoms with Crippen LogP contribution in [-0.2, 0) is 16.1 Å². The van der Waals surface area contributed by atoms with Crippen LogP contribution in [0.1, 0.15) is 11.1 Å². The van der Waals surface area contributed by atoms with E-state index in [-0.39, 0.29) is 24.9 Å². The molecule has 136 valence electrons. The van der Waals surface area contributed by atoms with Gasteiger partial charge in [-0.2, -0.15) is 0 Å². The number of nitrogens with zero attached hydrogens (tertiary/aromatic N) is 4. The molecule has 26 heavy (non-hydrogen) atoms. The lowest BCUT2D eigenvalue weighted by Crippen LogP contribution is -2.54. The highest BCUT2D eigenvalue weighted by atomic mass is 16.2. The number of hydrogen-bond acceptors (Lipinski definition) is 4. The molecule has 1 aromatic carbocycles. The Labute approximate surface area is 154 Å². The summed E-state index contributed by atoms with van der Waals surface area (Å²) in [6.07, 6.45) is 3.53. The number of pyridine rings is 1. The number of aromatic nitrogens is 1. The highest BCUT2D eigenvalue weighted by Gasteiger charge is 2.28. The van der Waals surface area contributed by atoms with E-state index in [1.54, 1.807) is 22.2 Å². The zero-order valence-corrected chi connectivity index (χ0v) is 15.3. The van der Waals surface area contributed by atoms with Crippen molar-refractivity contribution in [3.63, 3.8) is 0 Å². The van der Waals surface area contributed by atoms with Gasteiger partial charge in [0.15, 0.2) is 0 Å². The van der Waals surface area contributed by atoms with Gasteiger partial charge in [-0.1, -0.05) is 23.8 Å². The van der Waals surface area contributed by atoms with E-state index in [4.69, 9.17) is 0 Å². The summed E-state index contributed by atoms with van der Waals surface area (Å²) in [7, 11) is 1.90. The quantitative estimate of drug-likeness (QED) is 0.822. The highest BCUT2D eigenvalue weighted by Crippen LogP contribution is 2.18. The fraction of sp³-hybridized carbons (Fsp3) is 0.350. The normalized spacial score (nSPS) is 14.8. The molecule has 3 rings (SSSR count). The smallest absolute Gasteiger partial charge is 0.246 e. The lowest BCUT2D eigenvalue weighted by Gasteiger charge is -2.35. The van der Waals surface area contributed by atoms with E-state index in [2.05, 4.69) is 4.98 Å². The topological polar surface area (TPSA) is 56.8 Å². The molecule has 0 unspecified atom stereocenters. The van der Waals surface area contributed by atoms with Crippen LogP contribution in [0.4, 0.5) is 5.69 Å². The van der Waals surface area contributed by atoms with Crippen molar-refractivity contribution in [1.82, 2.24) is 14.8 Å². The molecule has 1 saturated heterocycles. The van der Waals surface area contributed by atoms with Gasteiger partial charge in [0.1, 0.15) is 6.54 Å². The molecule has 1 fully saturated rings. The molecule has 6 heteroatoms. The third-order valence-corrected chi connectivity index (χ3v) is 4.50. The van der Waals surface area contributed by atoms with Crippen LogP contribution in [0.2, 0.25) is 0 Å². The second kappa shape index (κ2) is 8.10. The average molecular weight is 352 g/mol. The Morgan fingerprint density at radius 3 is 2.62 bits per heavy atom. The second-order valence-corrected chi connectivity index (χ2v) is 6.73. The van der Waals surface area contributed by atoms with E-state index in [9.17, 15) is 9.59 Å². The Bertz CT molecular complexity index is 761. The molecule has 1 aliphatic heterocycles. The van der Waals surface area contributed by atoms with E-state index in [0.717, 1.165) is 16.8 Å². The van der Waals surface area contributed by atoms with Crippen molar-refractivity contribution in [3.05, 3.63) is 59.9 Å². The number of likely N-dealkylation sites (N-methyl/N-ethyl adjacent to an activating group) is 1. The number of benzene rings is 1. The minimum absolute atomic E-state index is 0.0201. The number of carbonyl (C=O) groups is 2. The minimum Gasteiger partial charge on any atom is -0.330 e. The maximum absolute atomic E-state index is 12.5. The second-order valence-electron chi connectivity index (χ2n) is 6.73. The molecule has 2 heterocycles. The van der Waals surface area contributed by atoms with Crippen LogP contribution in [0, 0.1) is 6.92 Å². The fourth-order valence-electron chi connectivity index (χ4n) is 3.07. The predicted molar refractivity (Wildman–Crippen MR) is 101 cm³/mol. The Kier molecular flexibility index (Phi) is 5.63. The zero-order chi connectivity index (χ0) is 18.5. The molecule has 1 aromatic heterocycles. The number of anilines is 1. The molecule has 0 N–H and O–H groups in total. The lowest BCUT2D eigenvalue weighted by molar-refractivity contribution is -0.137. The molecule has 1 aliphatic rings. The Hall–Kier alpha value is -2.73. The van der Waals surface area contributed by atoms with E-state index < -0.39 is 0 Å². The fourth-order valence-corrected chi connectivity index (χ4v) is 3.07. The summed E-state index contributed by atoms with van der Waals surface area (Å²) in [5.41, 5.74) is 3.11. The van der Waals surface area contributed by atoms with Gasteiger partial charge >= 0.3 is 0 Å². The third-order valence-electron chi connectivity index (χ3n) is 4.50. The minimum atomic E-state index is -0.0386. The zero-order valence-electron chi connectivity index (χ0n) is 15.3. The first-order valence-electron chi connectivity index (χ1n) is 8.75. The van der Waals surface area contributed by atoms with Crippen LogP contribution >= 0.6 is 0 Å². The van der Waals surface area contributed by atoms with Crippen molar-refractivity contribution in [2.24, 2.45) is 0 Å². The van der Waals surface area contributed by atoms with E-state index in [0.29, 0.717) is 19.6 Å². The summed E-state index contributed by atoms with van der Waals surface area (Å²) in [5.74, 6) is -0.0586. The van der Waals surface area contributed by atoms with Gasteiger partial charge in [0, 0.05) is 37.7 Å². The summed E-state index contributed by atoms with van der Waals surface area (Å²) in [6.45, 7) is 4.17. The number of rotatable bonds is 5. The van der Waals surface area contributed by atoms with Crippen molar-refractivity contribution in [2.45, 2.75) is 13.5 Å². The maximum Gasteiger partial charge on any atom is 0.246 e. The molecular weight excluding hydrogens is 328 g/mol. The van der Waals surface area contributed by atoms with Gasteiger partial charge in [-0.3, -0.25) is 19.5 Å². The Morgan fingerprint density at radius 2 is 1.96 bits per heavy atom. The summed E-state index contributed by atoms with van der Waals surface area (Å²) < 4.78 is 0. The van der Waals surface area contributed by atoms with Crippen LogP contribution in [0.25, 0.3) is 0 Å². The summed E-state index contributed by atoms with van der Waals surface area (Å²) in [6, 6.07) is 11.8. The summed E-state index contributed by atoms with van der Waals surface area (Å²) in [4.78, 5) is 34.4. The molecule has 2 amide bonds. The van der Waals surface area contributed by atoms with Gasteiger partial charge in [-0.15, -0.1) is 0 Å². The van der Waals surface area contributed by atoms with E-state index in [1.165, 1.54) is 0 Å². The highest BCUT2D eigenvalue weighted by molar-refractivity contribution is 5.98. The lowest BCUT2D eigenvalue weighted by atomic mass is 10.2. The molecule has 0 atom stereocenters. The van der Waals surface area contributed by atoms with Crippen molar-refractivity contribution < 1.29 is 9.59 Å². The summed E-state index contributed by atoms with van der Waals surface area (Å²) >= 11 is 0. The molecule has 0 radical (unpaired) electrons. The molecule has 0 bridgehead atoms. The first-order valence-corrected chi connectivity index (χ1v) is 8.75. The predicted octanol–water partition coefficient (Wildman–Crippen LogP) is 1.70. The van der Waals surface area contributed by atoms with Crippen LogP contribution in [0.5, 0.6) is 0 Å². The van der Waals surface area contributed by atoms with Crippen molar-refractivity contribution in [1.29, 1.82) is 0 Å². The summed E-state index contributed by atoms with van der Waals surface area (Å²) in [5, 5.41) is 0. The van der Waals surface area contributed by atoms with Gasteiger partial charge in [0.25, 0.3) is 0 Å². The molecule has 2 aromatic rings. The van der Waals surface area contributed by atoms with E-state index in [1.807, 2.05) is 55.3 Å². The average Bonchev–Trinajstić information content (AvgIpc) is 2.63. The molecule has 0 aliphatic carbocycles. The molecular formula is C20H24N4O2. The van der Waals surface area contributed by atoms with E-state index >= 15 is 0 Å². The monoisotopic (exact) mass is 352 g/mol. The third kappa shape index (κ3) is 4.46. The van der Waals surface area contributed by atoms with Crippen molar-refractivity contribution in [3.8, 4) is 0 Å². The number of carbonyl (C=O) groups excluding carboxylic acids is 2. The number of amides is 2. The van der Waals surface area contributed by atoms with Crippen LogP contribution in [0.3, 0.4) is 0 Å². The van der Waals surface area contributed by atoms with Crippen LogP contribution < -0.4 is 4.90 Å².